The van der Waals surface area contributed by atoms with Gasteiger partial charge in [-0.2, -0.15) is 0 Å². The molecule has 0 unspecified atom stereocenters. The van der Waals surface area contributed by atoms with Crippen LogP contribution < -0.4 is 0 Å². The first kappa shape index (κ1) is 13.6. The lowest BCUT2D eigenvalue weighted by Crippen LogP contribution is -2.03. The maximum absolute atomic E-state index is 9.82. The van der Waals surface area contributed by atoms with Gasteiger partial charge in [-0.3, -0.25) is 0 Å². The Morgan fingerprint density at radius 3 is 3.05 bits per heavy atom. The summed E-state index contributed by atoms with van der Waals surface area (Å²) in [5, 5.41) is 20.1. The van der Waals surface area contributed by atoms with Crippen molar-refractivity contribution in [2.75, 3.05) is 0 Å². The Kier molecular flexibility index (Phi) is 4.03. The topological polar surface area (TPSA) is 63.8 Å². The number of rotatable bonds is 3. The average molecular weight is 290 g/mol. The van der Waals surface area contributed by atoms with Gasteiger partial charge in [-0.05, 0) is 37.6 Å². The second-order valence-corrected chi connectivity index (χ2v) is 5.99. The molecule has 2 aromatic heterocycles. The summed E-state index contributed by atoms with van der Waals surface area (Å²) in [5.41, 5.74) is 0.837. The molecule has 0 amide bonds. The summed E-state index contributed by atoms with van der Waals surface area (Å²) in [6.45, 7) is 2.73. The van der Waals surface area contributed by atoms with E-state index in [2.05, 4.69) is 19.7 Å². The van der Waals surface area contributed by atoms with Gasteiger partial charge in [-0.15, -0.1) is 10.2 Å². The standard InChI is InChI=1S/C14H18N4OS/c1-10(19)11-6-5-8-15-13(11)20-14-17-16-12-7-3-2-4-9-18(12)14/h5-6,8,10,19H,2-4,7,9H2,1H3/t10-/m1/s1. The molecule has 5 nitrogen and oxygen atoms in total. The first-order valence-corrected chi connectivity index (χ1v) is 7.80. The molecule has 1 aliphatic rings. The average Bonchev–Trinajstić information content (AvgIpc) is 2.68. The van der Waals surface area contributed by atoms with Gasteiger partial charge in [-0.1, -0.05) is 12.5 Å². The van der Waals surface area contributed by atoms with Gasteiger partial charge in [0, 0.05) is 24.7 Å². The van der Waals surface area contributed by atoms with E-state index < -0.39 is 6.10 Å². The van der Waals surface area contributed by atoms with Gasteiger partial charge in [0.1, 0.15) is 10.9 Å². The third kappa shape index (κ3) is 2.71. The van der Waals surface area contributed by atoms with E-state index in [1.165, 1.54) is 31.0 Å². The molecule has 0 aliphatic carbocycles. The molecule has 1 atom stereocenters. The first-order chi connectivity index (χ1) is 9.75. The van der Waals surface area contributed by atoms with Crippen LogP contribution in [-0.4, -0.2) is 24.9 Å². The molecule has 0 spiro atoms. The van der Waals surface area contributed by atoms with Crippen LogP contribution in [0, 0.1) is 0 Å². The van der Waals surface area contributed by atoms with Crippen molar-refractivity contribution < 1.29 is 5.11 Å². The molecule has 6 heteroatoms. The van der Waals surface area contributed by atoms with Gasteiger partial charge < -0.3 is 9.67 Å². The number of hydrogen-bond acceptors (Lipinski definition) is 5. The molecular weight excluding hydrogens is 272 g/mol. The van der Waals surface area contributed by atoms with Gasteiger partial charge in [0.2, 0.25) is 0 Å². The van der Waals surface area contributed by atoms with Crippen LogP contribution in [0.15, 0.2) is 28.5 Å². The lowest BCUT2D eigenvalue weighted by molar-refractivity contribution is 0.195. The van der Waals surface area contributed by atoms with Gasteiger partial charge >= 0.3 is 0 Å². The van der Waals surface area contributed by atoms with Gasteiger partial charge in [0.05, 0.1) is 6.10 Å². The maximum atomic E-state index is 9.82. The van der Waals surface area contributed by atoms with Crippen LogP contribution in [0.1, 0.15) is 43.7 Å². The molecule has 0 saturated heterocycles. The Balaban J connectivity index is 1.90. The highest BCUT2D eigenvalue weighted by Gasteiger charge is 2.18. The van der Waals surface area contributed by atoms with Crippen LogP contribution in [-0.2, 0) is 13.0 Å². The van der Waals surface area contributed by atoms with E-state index in [1.54, 1.807) is 13.1 Å². The Bertz CT molecular complexity index is 597. The molecule has 106 valence electrons. The summed E-state index contributed by atoms with van der Waals surface area (Å²) < 4.78 is 2.19. The molecule has 3 rings (SSSR count). The van der Waals surface area contributed by atoms with Crippen LogP contribution in [0.25, 0.3) is 0 Å². The van der Waals surface area contributed by atoms with Crippen molar-refractivity contribution in [3.05, 3.63) is 29.7 Å². The fraction of sp³-hybridized carbons (Fsp3) is 0.500. The van der Waals surface area contributed by atoms with Gasteiger partial charge in [0.15, 0.2) is 5.16 Å². The summed E-state index contributed by atoms with van der Waals surface area (Å²) in [7, 11) is 0. The quantitative estimate of drug-likeness (QED) is 0.941. The van der Waals surface area contributed by atoms with Crippen molar-refractivity contribution >= 4 is 11.8 Å². The summed E-state index contributed by atoms with van der Waals surface area (Å²) in [4.78, 5) is 4.37. The van der Waals surface area contributed by atoms with Crippen LogP contribution in [0.2, 0.25) is 0 Å². The minimum atomic E-state index is -0.530. The van der Waals surface area contributed by atoms with E-state index in [0.29, 0.717) is 0 Å². The number of aliphatic hydroxyl groups is 1. The minimum Gasteiger partial charge on any atom is -0.389 e. The Morgan fingerprint density at radius 2 is 2.20 bits per heavy atom. The zero-order chi connectivity index (χ0) is 13.9. The zero-order valence-electron chi connectivity index (χ0n) is 11.5. The molecule has 0 radical (unpaired) electrons. The maximum Gasteiger partial charge on any atom is 0.197 e. The molecule has 3 heterocycles. The van der Waals surface area contributed by atoms with E-state index >= 15 is 0 Å². The van der Waals surface area contributed by atoms with Crippen molar-refractivity contribution in [1.29, 1.82) is 0 Å². The number of pyridine rings is 1. The number of aromatic nitrogens is 4. The van der Waals surface area contributed by atoms with E-state index in [0.717, 1.165) is 34.5 Å². The van der Waals surface area contributed by atoms with E-state index in [4.69, 9.17) is 0 Å². The number of fused-ring (bicyclic) bond motifs is 1. The molecular formula is C14H18N4OS. The number of aryl methyl sites for hydroxylation is 1. The smallest absolute Gasteiger partial charge is 0.197 e. The largest absolute Gasteiger partial charge is 0.389 e. The molecule has 20 heavy (non-hydrogen) atoms. The second-order valence-electron chi connectivity index (χ2n) is 5.04. The Hall–Kier alpha value is -1.40. The predicted molar refractivity (Wildman–Crippen MR) is 76.6 cm³/mol. The van der Waals surface area contributed by atoms with Crippen LogP contribution in [0.4, 0.5) is 0 Å². The van der Waals surface area contributed by atoms with Crippen molar-refractivity contribution in [1.82, 2.24) is 19.7 Å². The van der Waals surface area contributed by atoms with E-state index in [1.807, 2.05) is 12.1 Å². The van der Waals surface area contributed by atoms with Crippen molar-refractivity contribution in [3.63, 3.8) is 0 Å². The lowest BCUT2D eigenvalue weighted by Gasteiger charge is -2.10. The third-order valence-corrected chi connectivity index (χ3v) is 4.53. The normalized spacial score (nSPS) is 16.5. The molecule has 1 N–H and O–H groups in total. The SMILES string of the molecule is C[C@@H](O)c1cccnc1Sc1nnc2n1CCCCC2. The fourth-order valence-corrected chi connectivity index (χ4v) is 3.46. The molecule has 0 aromatic carbocycles. The minimum absolute atomic E-state index is 0.530. The van der Waals surface area contributed by atoms with Gasteiger partial charge in [-0.25, -0.2) is 4.98 Å². The summed E-state index contributed by atoms with van der Waals surface area (Å²) in [5.74, 6) is 1.07. The molecule has 0 saturated carbocycles. The van der Waals surface area contributed by atoms with Crippen molar-refractivity contribution in [2.24, 2.45) is 0 Å². The monoisotopic (exact) mass is 290 g/mol. The van der Waals surface area contributed by atoms with Crippen LogP contribution in [0.5, 0.6) is 0 Å². The first-order valence-electron chi connectivity index (χ1n) is 6.98. The zero-order valence-corrected chi connectivity index (χ0v) is 12.3. The highest BCUT2D eigenvalue weighted by Crippen LogP contribution is 2.31. The van der Waals surface area contributed by atoms with Crippen LogP contribution in [0.3, 0.4) is 0 Å². The summed E-state index contributed by atoms with van der Waals surface area (Å²) in [6, 6.07) is 3.75. The summed E-state index contributed by atoms with van der Waals surface area (Å²) in [6.07, 6.45) is 5.82. The Labute approximate surface area is 122 Å². The van der Waals surface area contributed by atoms with Crippen LogP contribution >= 0.6 is 11.8 Å². The van der Waals surface area contributed by atoms with Gasteiger partial charge in [0.25, 0.3) is 0 Å². The molecule has 1 aliphatic heterocycles. The third-order valence-electron chi connectivity index (χ3n) is 3.51. The van der Waals surface area contributed by atoms with Crippen molar-refractivity contribution in [3.8, 4) is 0 Å². The highest BCUT2D eigenvalue weighted by atomic mass is 32.2. The number of nitrogens with zero attached hydrogens (tertiary/aromatic N) is 4. The number of aliphatic hydroxyl groups excluding tert-OH is 1. The van der Waals surface area contributed by atoms with E-state index in [9.17, 15) is 5.11 Å². The second kappa shape index (κ2) is 5.93. The Morgan fingerprint density at radius 1 is 1.30 bits per heavy atom. The predicted octanol–water partition coefficient (Wildman–Crippen LogP) is 2.60. The van der Waals surface area contributed by atoms with E-state index in [-0.39, 0.29) is 0 Å². The fourth-order valence-electron chi connectivity index (χ4n) is 2.43. The highest BCUT2D eigenvalue weighted by molar-refractivity contribution is 7.99. The molecule has 2 aromatic rings. The van der Waals surface area contributed by atoms with Crippen molar-refractivity contribution in [2.45, 2.75) is 55.4 Å². The molecule has 0 fully saturated rings. The number of hydrogen-bond donors (Lipinski definition) is 1. The lowest BCUT2D eigenvalue weighted by atomic mass is 10.2. The summed E-state index contributed by atoms with van der Waals surface area (Å²) >= 11 is 1.49. The molecule has 0 bridgehead atoms.